The number of carbonyl (C=O) groups is 1. The second-order valence-corrected chi connectivity index (χ2v) is 6.20. The molecule has 0 saturated carbocycles. The molecule has 2 fully saturated rings. The molecule has 0 aromatic carbocycles. The monoisotopic (exact) mass is 270 g/mol. The van der Waals surface area contributed by atoms with E-state index >= 15 is 0 Å². The number of carbonyl (C=O) groups excluding carboxylic acids is 1. The highest BCUT2D eigenvalue weighted by molar-refractivity contribution is 7.12. The van der Waals surface area contributed by atoms with Crippen LogP contribution in [0, 0.1) is 5.92 Å². The van der Waals surface area contributed by atoms with Gasteiger partial charge < -0.3 is 10.2 Å². The normalized spacial score (nSPS) is 31.9. The van der Waals surface area contributed by atoms with Crippen LogP contribution in [0.1, 0.15) is 23.0 Å². The summed E-state index contributed by atoms with van der Waals surface area (Å²) >= 11 is 7.49. The lowest BCUT2D eigenvalue weighted by atomic mass is 10.0. The van der Waals surface area contributed by atoms with Crippen molar-refractivity contribution in [2.45, 2.75) is 25.4 Å². The van der Waals surface area contributed by atoms with Gasteiger partial charge >= 0.3 is 0 Å². The Hall–Kier alpha value is -0.580. The molecule has 1 aromatic heterocycles. The van der Waals surface area contributed by atoms with E-state index in [1.165, 1.54) is 11.3 Å². The number of thiophene rings is 1. The van der Waals surface area contributed by atoms with Gasteiger partial charge in [-0.25, -0.2) is 0 Å². The van der Waals surface area contributed by atoms with E-state index in [0.717, 1.165) is 19.5 Å². The van der Waals surface area contributed by atoms with Crippen molar-refractivity contribution in [3.63, 3.8) is 0 Å². The van der Waals surface area contributed by atoms with E-state index in [9.17, 15) is 4.79 Å². The topological polar surface area (TPSA) is 32.3 Å². The third-order valence-electron chi connectivity index (χ3n) is 3.83. The number of hydrogen-bond acceptors (Lipinski definition) is 3. The van der Waals surface area contributed by atoms with Gasteiger partial charge in [0.2, 0.25) is 0 Å². The Morgan fingerprint density at radius 1 is 1.59 bits per heavy atom. The molecule has 0 aliphatic carbocycles. The minimum atomic E-state index is 0.105. The van der Waals surface area contributed by atoms with Gasteiger partial charge in [-0.05, 0) is 30.7 Å². The number of nitrogens with one attached hydrogen (secondary N) is 1. The summed E-state index contributed by atoms with van der Waals surface area (Å²) in [5, 5.41) is 5.83. The summed E-state index contributed by atoms with van der Waals surface area (Å²) in [7, 11) is 0. The lowest BCUT2D eigenvalue weighted by Crippen LogP contribution is -2.42. The van der Waals surface area contributed by atoms with Gasteiger partial charge in [0.05, 0.1) is 5.02 Å². The van der Waals surface area contributed by atoms with Crippen molar-refractivity contribution in [1.29, 1.82) is 0 Å². The van der Waals surface area contributed by atoms with Crippen LogP contribution in [-0.4, -0.2) is 36.0 Å². The third kappa shape index (κ3) is 1.79. The van der Waals surface area contributed by atoms with Crippen LogP contribution >= 0.6 is 22.9 Å². The molecule has 2 aliphatic rings. The lowest BCUT2D eigenvalue weighted by Gasteiger charge is -2.27. The average Bonchev–Trinajstić information content (AvgIpc) is 2.92. The molecule has 2 aliphatic heterocycles. The molecule has 2 saturated heterocycles. The molecule has 3 atom stereocenters. The molecule has 3 rings (SSSR count). The van der Waals surface area contributed by atoms with Crippen LogP contribution in [0.15, 0.2) is 11.4 Å². The van der Waals surface area contributed by atoms with Crippen molar-refractivity contribution in [3.8, 4) is 0 Å². The summed E-state index contributed by atoms with van der Waals surface area (Å²) in [5.74, 6) is 0.724. The third-order valence-corrected chi connectivity index (χ3v) is 5.16. The summed E-state index contributed by atoms with van der Waals surface area (Å²) in [5.41, 5.74) is 0. The Morgan fingerprint density at radius 3 is 3.12 bits per heavy atom. The van der Waals surface area contributed by atoms with Gasteiger partial charge in [0, 0.05) is 25.2 Å². The Bertz CT molecular complexity index is 447. The highest BCUT2D eigenvalue weighted by atomic mass is 35.5. The molecular formula is C12H15ClN2OS. The second kappa shape index (κ2) is 4.26. The first kappa shape index (κ1) is 11.5. The molecule has 1 N–H and O–H groups in total. The molecule has 0 bridgehead atoms. The van der Waals surface area contributed by atoms with Gasteiger partial charge in [-0.3, -0.25) is 4.79 Å². The molecule has 3 unspecified atom stereocenters. The van der Waals surface area contributed by atoms with Crippen molar-refractivity contribution < 1.29 is 4.79 Å². The second-order valence-electron chi connectivity index (χ2n) is 4.88. The smallest absolute Gasteiger partial charge is 0.266 e. The zero-order valence-electron chi connectivity index (χ0n) is 9.65. The highest BCUT2D eigenvalue weighted by Crippen LogP contribution is 2.35. The van der Waals surface area contributed by atoms with Gasteiger partial charge in [0.1, 0.15) is 4.88 Å². The van der Waals surface area contributed by atoms with Crippen LogP contribution in [0.25, 0.3) is 0 Å². The van der Waals surface area contributed by atoms with Crippen LogP contribution in [0.2, 0.25) is 5.02 Å². The van der Waals surface area contributed by atoms with E-state index < -0.39 is 0 Å². The summed E-state index contributed by atoms with van der Waals surface area (Å²) in [6.45, 7) is 4.10. The Morgan fingerprint density at radius 2 is 2.41 bits per heavy atom. The minimum absolute atomic E-state index is 0.105. The summed E-state index contributed by atoms with van der Waals surface area (Å²) in [4.78, 5) is 15.2. The lowest BCUT2D eigenvalue weighted by molar-refractivity contribution is 0.0687. The maximum Gasteiger partial charge on any atom is 0.266 e. The fraction of sp³-hybridized carbons (Fsp3) is 0.583. The Kier molecular flexibility index (Phi) is 2.89. The number of hydrogen-bond donors (Lipinski definition) is 1. The fourth-order valence-electron chi connectivity index (χ4n) is 3.08. The Balaban J connectivity index is 1.88. The van der Waals surface area contributed by atoms with Crippen LogP contribution in [-0.2, 0) is 0 Å². The molecule has 92 valence electrons. The minimum Gasteiger partial charge on any atom is -0.331 e. The van der Waals surface area contributed by atoms with Crippen molar-refractivity contribution in [3.05, 3.63) is 21.3 Å². The zero-order chi connectivity index (χ0) is 12.0. The van der Waals surface area contributed by atoms with Gasteiger partial charge in [-0.2, -0.15) is 0 Å². The summed E-state index contributed by atoms with van der Waals surface area (Å²) in [6.07, 6.45) is 1.10. The van der Waals surface area contributed by atoms with Gasteiger partial charge in [0.15, 0.2) is 0 Å². The van der Waals surface area contributed by atoms with Crippen LogP contribution in [0.5, 0.6) is 0 Å². The van der Waals surface area contributed by atoms with E-state index in [1.807, 2.05) is 10.3 Å². The average molecular weight is 271 g/mol. The first-order valence-electron chi connectivity index (χ1n) is 5.95. The number of halogens is 1. The van der Waals surface area contributed by atoms with E-state index in [1.54, 1.807) is 6.07 Å². The molecule has 5 heteroatoms. The Labute approximate surface area is 110 Å². The summed E-state index contributed by atoms with van der Waals surface area (Å²) in [6, 6.07) is 2.48. The maximum atomic E-state index is 12.5. The van der Waals surface area contributed by atoms with Crippen LogP contribution in [0.3, 0.4) is 0 Å². The summed E-state index contributed by atoms with van der Waals surface area (Å²) < 4.78 is 0. The molecule has 1 aromatic rings. The molecule has 17 heavy (non-hydrogen) atoms. The van der Waals surface area contributed by atoms with E-state index in [0.29, 0.717) is 27.9 Å². The van der Waals surface area contributed by atoms with Gasteiger partial charge in [0.25, 0.3) is 5.91 Å². The predicted molar refractivity (Wildman–Crippen MR) is 69.7 cm³/mol. The van der Waals surface area contributed by atoms with E-state index in [-0.39, 0.29) is 5.91 Å². The van der Waals surface area contributed by atoms with E-state index in [2.05, 4.69) is 12.2 Å². The van der Waals surface area contributed by atoms with Crippen molar-refractivity contribution in [2.75, 3.05) is 13.1 Å². The number of nitrogens with zero attached hydrogens (tertiary/aromatic N) is 1. The molecular weight excluding hydrogens is 256 g/mol. The molecule has 3 nitrogen and oxygen atoms in total. The van der Waals surface area contributed by atoms with Crippen molar-refractivity contribution in [2.24, 2.45) is 5.92 Å². The van der Waals surface area contributed by atoms with Crippen molar-refractivity contribution >= 4 is 28.8 Å². The first-order valence-corrected chi connectivity index (χ1v) is 7.20. The van der Waals surface area contributed by atoms with E-state index in [4.69, 9.17) is 11.6 Å². The largest absolute Gasteiger partial charge is 0.331 e. The zero-order valence-corrected chi connectivity index (χ0v) is 11.2. The molecule has 0 radical (unpaired) electrons. The molecule has 0 spiro atoms. The van der Waals surface area contributed by atoms with Crippen LogP contribution < -0.4 is 5.32 Å². The number of likely N-dealkylation sites (tertiary alicyclic amines) is 1. The quantitative estimate of drug-likeness (QED) is 0.849. The number of fused-ring (bicyclic) bond motifs is 1. The van der Waals surface area contributed by atoms with Crippen molar-refractivity contribution in [1.82, 2.24) is 10.2 Å². The fourth-order valence-corrected chi connectivity index (χ4v) is 4.16. The first-order chi connectivity index (χ1) is 8.18. The maximum absolute atomic E-state index is 12.5. The molecule has 3 heterocycles. The molecule has 1 amide bonds. The van der Waals surface area contributed by atoms with Crippen LogP contribution in [0.4, 0.5) is 0 Å². The standard InChI is InChI=1S/C12H15ClN2OS/c1-7-4-8-5-14-6-10(8)15(7)12(16)11-9(13)2-3-17-11/h2-3,7-8,10,14H,4-6H2,1H3. The SMILES string of the molecule is CC1CC2CNCC2N1C(=O)c1sccc1Cl. The van der Waals surface area contributed by atoms with Gasteiger partial charge in [-0.1, -0.05) is 11.6 Å². The number of rotatable bonds is 1. The highest BCUT2D eigenvalue weighted by Gasteiger charge is 2.44. The number of amides is 1. The predicted octanol–water partition coefficient (Wildman–Crippen LogP) is 2.22. The van der Waals surface area contributed by atoms with Gasteiger partial charge in [-0.15, -0.1) is 11.3 Å².